The van der Waals surface area contributed by atoms with Gasteiger partial charge < -0.3 is 19.9 Å². The second kappa shape index (κ2) is 6.71. The fraction of sp³-hybridized carbons (Fsp3) is 1.00. The molecule has 2 aliphatic heterocycles. The van der Waals surface area contributed by atoms with Crippen LogP contribution in [0.3, 0.4) is 0 Å². The summed E-state index contributed by atoms with van der Waals surface area (Å²) in [6.07, 6.45) is 1.04. The molecule has 0 bridgehead atoms. The van der Waals surface area contributed by atoms with Crippen LogP contribution in [0.5, 0.6) is 0 Å². The van der Waals surface area contributed by atoms with Crippen LogP contribution in [-0.4, -0.2) is 74.3 Å². The van der Waals surface area contributed by atoms with Gasteiger partial charge in [0, 0.05) is 38.2 Å². The highest BCUT2D eigenvalue weighted by molar-refractivity contribution is 4.92. The minimum absolute atomic E-state index is 0.0720. The third-order valence-corrected chi connectivity index (χ3v) is 4.25. The zero-order valence-corrected chi connectivity index (χ0v) is 13.2. The molecule has 5 heteroatoms. The molecule has 2 rings (SSSR count). The number of rotatable bonds is 6. The summed E-state index contributed by atoms with van der Waals surface area (Å²) in [6.45, 7) is 12.9. The maximum absolute atomic E-state index is 9.42. The maximum atomic E-state index is 9.42. The molecule has 2 unspecified atom stereocenters. The first-order valence-corrected chi connectivity index (χ1v) is 7.78. The largest absolute Gasteiger partial charge is 0.394 e. The van der Waals surface area contributed by atoms with Crippen molar-refractivity contribution in [2.24, 2.45) is 5.41 Å². The van der Waals surface area contributed by atoms with E-state index in [-0.39, 0.29) is 23.7 Å². The summed E-state index contributed by atoms with van der Waals surface area (Å²) < 4.78 is 11.6. The van der Waals surface area contributed by atoms with Crippen LogP contribution in [0.1, 0.15) is 27.2 Å². The van der Waals surface area contributed by atoms with Crippen LogP contribution >= 0.6 is 0 Å². The van der Waals surface area contributed by atoms with Gasteiger partial charge >= 0.3 is 0 Å². The lowest BCUT2D eigenvalue weighted by Crippen LogP contribution is -2.57. The first kappa shape index (κ1) is 16.2. The minimum Gasteiger partial charge on any atom is -0.394 e. The quantitative estimate of drug-likeness (QED) is 0.743. The summed E-state index contributed by atoms with van der Waals surface area (Å²) in [6, 6.07) is 0. The van der Waals surface area contributed by atoms with Gasteiger partial charge in [0.25, 0.3) is 0 Å². The van der Waals surface area contributed by atoms with Crippen LogP contribution in [0.2, 0.25) is 0 Å². The van der Waals surface area contributed by atoms with Gasteiger partial charge in [0.15, 0.2) is 0 Å². The average Bonchev–Trinajstić information content (AvgIpc) is 2.83. The van der Waals surface area contributed by atoms with Crippen molar-refractivity contribution in [3.8, 4) is 0 Å². The van der Waals surface area contributed by atoms with Crippen molar-refractivity contribution >= 4 is 0 Å². The molecule has 20 heavy (non-hydrogen) atoms. The Morgan fingerprint density at radius 2 is 2.20 bits per heavy atom. The molecular weight excluding hydrogens is 256 g/mol. The Hall–Kier alpha value is -0.200. The Morgan fingerprint density at radius 1 is 1.40 bits per heavy atom. The molecule has 0 aromatic carbocycles. The van der Waals surface area contributed by atoms with Crippen molar-refractivity contribution in [3.63, 3.8) is 0 Å². The van der Waals surface area contributed by atoms with Gasteiger partial charge in [-0.1, -0.05) is 6.92 Å². The number of hydrogen-bond acceptors (Lipinski definition) is 5. The third kappa shape index (κ3) is 4.15. The fourth-order valence-electron chi connectivity index (χ4n) is 3.47. The standard InChI is InChI=1S/C15H30N2O3/c1-4-16-9-15(5-6-19-12-15)11-17-7-13(8-18)20-14(2,3)10-17/h13,16,18H,4-12H2,1-3H3. The second-order valence-corrected chi connectivity index (χ2v) is 6.93. The van der Waals surface area contributed by atoms with E-state index in [1.165, 1.54) is 0 Å². The number of aliphatic hydroxyl groups is 1. The van der Waals surface area contributed by atoms with E-state index in [9.17, 15) is 5.11 Å². The van der Waals surface area contributed by atoms with Crippen molar-refractivity contribution in [1.29, 1.82) is 0 Å². The van der Waals surface area contributed by atoms with E-state index in [1.807, 2.05) is 0 Å². The van der Waals surface area contributed by atoms with Gasteiger partial charge in [-0.2, -0.15) is 0 Å². The normalized spacial score (nSPS) is 34.5. The molecule has 0 saturated carbocycles. The molecule has 0 amide bonds. The van der Waals surface area contributed by atoms with Crippen LogP contribution in [0, 0.1) is 5.41 Å². The van der Waals surface area contributed by atoms with Gasteiger partial charge in [-0.05, 0) is 26.8 Å². The molecule has 2 atom stereocenters. The molecule has 2 heterocycles. The van der Waals surface area contributed by atoms with Gasteiger partial charge in [-0.25, -0.2) is 0 Å². The van der Waals surface area contributed by atoms with Crippen molar-refractivity contribution in [3.05, 3.63) is 0 Å². The first-order chi connectivity index (χ1) is 9.49. The smallest absolute Gasteiger partial charge is 0.0940 e. The number of aliphatic hydroxyl groups excluding tert-OH is 1. The molecule has 2 N–H and O–H groups in total. The maximum Gasteiger partial charge on any atom is 0.0940 e. The molecule has 0 spiro atoms. The highest BCUT2D eigenvalue weighted by Gasteiger charge is 2.40. The molecule has 2 fully saturated rings. The van der Waals surface area contributed by atoms with E-state index in [2.05, 4.69) is 31.0 Å². The fourth-order valence-corrected chi connectivity index (χ4v) is 3.47. The number of nitrogens with one attached hydrogen (secondary N) is 1. The SMILES string of the molecule is CCNCC1(CN2CC(CO)OC(C)(C)C2)CCOC1. The summed E-state index contributed by atoms with van der Waals surface area (Å²) in [5.74, 6) is 0. The predicted molar refractivity (Wildman–Crippen MR) is 78.9 cm³/mol. The Kier molecular flexibility index (Phi) is 5.42. The summed E-state index contributed by atoms with van der Waals surface area (Å²) in [5.41, 5.74) is 0.0217. The summed E-state index contributed by atoms with van der Waals surface area (Å²) in [5, 5.41) is 12.9. The topological polar surface area (TPSA) is 54.0 Å². The van der Waals surface area contributed by atoms with Gasteiger partial charge in [0.2, 0.25) is 0 Å². The van der Waals surface area contributed by atoms with Crippen LogP contribution in [0.25, 0.3) is 0 Å². The zero-order valence-electron chi connectivity index (χ0n) is 13.2. The summed E-state index contributed by atoms with van der Waals surface area (Å²) in [7, 11) is 0. The molecule has 5 nitrogen and oxygen atoms in total. The lowest BCUT2D eigenvalue weighted by Gasteiger charge is -2.45. The molecule has 2 aliphatic rings. The molecule has 0 aliphatic carbocycles. The van der Waals surface area contributed by atoms with Crippen LogP contribution in [-0.2, 0) is 9.47 Å². The van der Waals surface area contributed by atoms with Crippen LogP contribution in [0.4, 0.5) is 0 Å². The molecule has 0 aromatic rings. The first-order valence-electron chi connectivity index (χ1n) is 7.78. The van der Waals surface area contributed by atoms with Gasteiger partial charge in [-0.15, -0.1) is 0 Å². The number of hydrogen-bond donors (Lipinski definition) is 2. The summed E-state index contributed by atoms with van der Waals surface area (Å²) >= 11 is 0. The lowest BCUT2D eigenvalue weighted by molar-refractivity contribution is -0.154. The van der Waals surface area contributed by atoms with E-state index in [4.69, 9.17) is 9.47 Å². The molecule has 2 saturated heterocycles. The molecule has 118 valence electrons. The van der Waals surface area contributed by atoms with Crippen molar-refractivity contribution in [2.45, 2.75) is 38.9 Å². The Labute approximate surface area is 122 Å². The van der Waals surface area contributed by atoms with E-state index >= 15 is 0 Å². The van der Waals surface area contributed by atoms with E-state index in [0.29, 0.717) is 0 Å². The van der Waals surface area contributed by atoms with E-state index in [0.717, 1.165) is 52.4 Å². The lowest BCUT2D eigenvalue weighted by atomic mass is 9.85. The monoisotopic (exact) mass is 286 g/mol. The number of ether oxygens (including phenoxy) is 2. The van der Waals surface area contributed by atoms with Crippen molar-refractivity contribution in [2.75, 3.05) is 52.5 Å². The van der Waals surface area contributed by atoms with Crippen molar-refractivity contribution in [1.82, 2.24) is 10.2 Å². The Morgan fingerprint density at radius 3 is 2.80 bits per heavy atom. The zero-order chi connectivity index (χ0) is 14.6. The van der Waals surface area contributed by atoms with Gasteiger partial charge in [-0.3, -0.25) is 4.90 Å². The third-order valence-electron chi connectivity index (χ3n) is 4.25. The number of nitrogens with zero attached hydrogens (tertiary/aromatic N) is 1. The molecule has 0 aromatic heterocycles. The second-order valence-electron chi connectivity index (χ2n) is 6.93. The summed E-state index contributed by atoms with van der Waals surface area (Å²) in [4.78, 5) is 2.44. The van der Waals surface area contributed by atoms with Gasteiger partial charge in [0.05, 0.1) is 24.9 Å². The molecular formula is C15H30N2O3. The predicted octanol–water partition coefficient (Wildman–Crippen LogP) is 0.474. The van der Waals surface area contributed by atoms with Crippen LogP contribution in [0.15, 0.2) is 0 Å². The molecule has 0 radical (unpaired) electrons. The van der Waals surface area contributed by atoms with Crippen molar-refractivity contribution < 1.29 is 14.6 Å². The Balaban J connectivity index is 1.98. The van der Waals surface area contributed by atoms with E-state index in [1.54, 1.807) is 0 Å². The van der Waals surface area contributed by atoms with E-state index < -0.39 is 0 Å². The highest BCUT2D eigenvalue weighted by Crippen LogP contribution is 2.31. The minimum atomic E-state index is -0.190. The average molecular weight is 286 g/mol. The highest BCUT2D eigenvalue weighted by atomic mass is 16.5. The van der Waals surface area contributed by atoms with Gasteiger partial charge in [0.1, 0.15) is 0 Å². The van der Waals surface area contributed by atoms with Crippen LogP contribution < -0.4 is 5.32 Å². The number of morpholine rings is 1. The Bertz CT molecular complexity index is 303.